The number of hydrogen-bond acceptors (Lipinski definition) is 4. The zero-order chi connectivity index (χ0) is 13.7. The van der Waals surface area contributed by atoms with Crippen molar-refractivity contribution < 1.29 is 14.6 Å². The van der Waals surface area contributed by atoms with E-state index in [1.165, 1.54) is 11.1 Å². The molecule has 0 bridgehead atoms. The Bertz CT molecular complexity index is 583. The molecule has 4 nitrogen and oxygen atoms in total. The first-order chi connectivity index (χ1) is 9.74. The largest absolute Gasteiger partial charge is 0.496 e. The smallest absolute Gasteiger partial charge is 0.124 e. The number of nitrogens with one attached hydrogen (secondary N) is 1. The summed E-state index contributed by atoms with van der Waals surface area (Å²) in [5.74, 6) is 1.87. The van der Waals surface area contributed by atoms with Gasteiger partial charge in [-0.2, -0.15) is 0 Å². The van der Waals surface area contributed by atoms with Gasteiger partial charge in [-0.1, -0.05) is 12.2 Å². The lowest BCUT2D eigenvalue weighted by atomic mass is 9.69. The summed E-state index contributed by atoms with van der Waals surface area (Å²) < 4.78 is 11.7. The van der Waals surface area contributed by atoms with Crippen LogP contribution in [0.3, 0.4) is 0 Å². The predicted octanol–water partition coefficient (Wildman–Crippen LogP) is 1.51. The molecule has 2 heterocycles. The molecule has 3 aliphatic rings. The van der Waals surface area contributed by atoms with Crippen molar-refractivity contribution >= 4 is 0 Å². The molecule has 0 saturated carbocycles. The van der Waals surface area contributed by atoms with Crippen LogP contribution in [0.25, 0.3) is 0 Å². The molecule has 4 rings (SSSR count). The molecule has 0 saturated heterocycles. The van der Waals surface area contributed by atoms with Gasteiger partial charge in [-0.25, -0.2) is 0 Å². The fourth-order valence-electron chi connectivity index (χ4n) is 3.91. The number of methoxy groups -OCH3 is 1. The van der Waals surface area contributed by atoms with E-state index >= 15 is 0 Å². The van der Waals surface area contributed by atoms with Crippen molar-refractivity contribution in [3.8, 4) is 11.5 Å². The highest BCUT2D eigenvalue weighted by Gasteiger charge is 2.51. The molecular weight excluding hydrogens is 254 g/mol. The van der Waals surface area contributed by atoms with E-state index in [1.54, 1.807) is 7.11 Å². The Balaban J connectivity index is 1.96. The number of aliphatic hydroxyl groups excluding tert-OH is 1. The normalized spacial score (nSPS) is 33.9. The van der Waals surface area contributed by atoms with Gasteiger partial charge >= 0.3 is 0 Å². The molecule has 4 heteroatoms. The summed E-state index contributed by atoms with van der Waals surface area (Å²) in [6.07, 6.45) is 5.36. The second-order valence-corrected chi connectivity index (χ2v) is 5.86. The number of aliphatic hydroxyl groups is 1. The molecule has 1 aliphatic carbocycles. The van der Waals surface area contributed by atoms with Gasteiger partial charge in [0.05, 0.1) is 18.6 Å². The van der Waals surface area contributed by atoms with E-state index in [4.69, 9.17) is 9.47 Å². The van der Waals surface area contributed by atoms with Gasteiger partial charge in [0.2, 0.25) is 0 Å². The summed E-state index contributed by atoms with van der Waals surface area (Å²) in [5, 5.41) is 13.4. The first kappa shape index (κ1) is 12.2. The Hall–Kier alpha value is -1.52. The van der Waals surface area contributed by atoms with Gasteiger partial charge in [-0.05, 0) is 25.1 Å². The standard InChI is InChI=1S/C16H19NO3/c1-19-12-2-3-13-15-11(12)9-17-7-6-16(15)5-4-10(18)8-14(16)20-13/h2-5,10,14,17-18H,6-9H2,1H3. The Morgan fingerprint density at radius 1 is 1.45 bits per heavy atom. The zero-order valence-corrected chi connectivity index (χ0v) is 11.6. The van der Waals surface area contributed by atoms with Crippen LogP contribution in [0.5, 0.6) is 11.5 Å². The Morgan fingerprint density at radius 3 is 3.20 bits per heavy atom. The van der Waals surface area contributed by atoms with Crippen molar-refractivity contribution in [2.75, 3.05) is 13.7 Å². The molecule has 20 heavy (non-hydrogen) atoms. The maximum Gasteiger partial charge on any atom is 0.124 e. The molecule has 3 atom stereocenters. The summed E-state index contributed by atoms with van der Waals surface area (Å²) >= 11 is 0. The van der Waals surface area contributed by atoms with Crippen LogP contribution in [0.1, 0.15) is 24.0 Å². The highest BCUT2D eigenvalue weighted by molar-refractivity contribution is 5.59. The van der Waals surface area contributed by atoms with E-state index in [1.807, 2.05) is 18.2 Å². The van der Waals surface area contributed by atoms with Gasteiger partial charge in [-0.3, -0.25) is 0 Å². The van der Waals surface area contributed by atoms with Crippen LogP contribution in [0, 0.1) is 0 Å². The van der Waals surface area contributed by atoms with Crippen LogP contribution < -0.4 is 14.8 Å². The quantitative estimate of drug-likeness (QED) is 0.762. The van der Waals surface area contributed by atoms with Gasteiger partial charge in [0.15, 0.2) is 0 Å². The van der Waals surface area contributed by atoms with Crippen LogP contribution in [0.15, 0.2) is 24.3 Å². The van der Waals surface area contributed by atoms with Crippen molar-refractivity contribution in [2.24, 2.45) is 0 Å². The summed E-state index contributed by atoms with van der Waals surface area (Å²) in [7, 11) is 1.71. The topological polar surface area (TPSA) is 50.7 Å². The van der Waals surface area contributed by atoms with E-state index in [0.717, 1.165) is 31.0 Å². The fourth-order valence-corrected chi connectivity index (χ4v) is 3.91. The third-order valence-corrected chi connectivity index (χ3v) is 4.85. The van der Waals surface area contributed by atoms with E-state index in [2.05, 4.69) is 11.4 Å². The average molecular weight is 273 g/mol. The molecular formula is C16H19NO3. The van der Waals surface area contributed by atoms with Gasteiger partial charge in [0.1, 0.15) is 17.6 Å². The van der Waals surface area contributed by atoms with Gasteiger partial charge in [0.25, 0.3) is 0 Å². The first-order valence-corrected chi connectivity index (χ1v) is 7.20. The molecule has 0 amide bonds. The third kappa shape index (κ3) is 1.49. The van der Waals surface area contributed by atoms with Crippen LogP contribution in [0.2, 0.25) is 0 Å². The summed E-state index contributed by atoms with van der Waals surface area (Å²) in [6.45, 7) is 1.75. The lowest BCUT2D eigenvalue weighted by Crippen LogP contribution is -2.42. The number of benzene rings is 1. The lowest BCUT2D eigenvalue weighted by Gasteiger charge is -2.35. The van der Waals surface area contributed by atoms with E-state index in [-0.39, 0.29) is 11.5 Å². The van der Waals surface area contributed by atoms with E-state index in [0.29, 0.717) is 6.42 Å². The van der Waals surface area contributed by atoms with Gasteiger partial charge < -0.3 is 19.9 Å². The maximum atomic E-state index is 9.90. The van der Waals surface area contributed by atoms with Gasteiger partial charge in [0, 0.05) is 24.1 Å². The molecule has 2 N–H and O–H groups in total. The molecule has 1 aromatic rings. The molecule has 2 aliphatic heterocycles. The molecule has 106 valence electrons. The molecule has 0 fully saturated rings. The molecule has 3 unspecified atom stereocenters. The second kappa shape index (κ2) is 4.24. The van der Waals surface area contributed by atoms with Crippen molar-refractivity contribution in [1.29, 1.82) is 0 Å². The monoisotopic (exact) mass is 273 g/mol. The van der Waals surface area contributed by atoms with Crippen LogP contribution >= 0.6 is 0 Å². The van der Waals surface area contributed by atoms with E-state index in [9.17, 15) is 5.11 Å². The van der Waals surface area contributed by atoms with Crippen LogP contribution in [-0.2, 0) is 12.0 Å². The summed E-state index contributed by atoms with van der Waals surface area (Å²) in [5.41, 5.74) is 2.35. The third-order valence-electron chi connectivity index (χ3n) is 4.85. The van der Waals surface area contributed by atoms with Crippen LogP contribution in [0.4, 0.5) is 0 Å². The fraction of sp³-hybridized carbons (Fsp3) is 0.500. The molecule has 1 aromatic carbocycles. The average Bonchev–Trinajstić information content (AvgIpc) is 2.64. The minimum Gasteiger partial charge on any atom is -0.496 e. The lowest BCUT2D eigenvalue weighted by molar-refractivity contribution is 0.0866. The number of hydrogen-bond donors (Lipinski definition) is 2. The van der Waals surface area contributed by atoms with Crippen molar-refractivity contribution in [1.82, 2.24) is 5.32 Å². The molecule has 1 spiro atoms. The molecule has 0 radical (unpaired) electrons. The van der Waals surface area contributed by atoms with Crippen molar-refractivity contribution in [3.63, 3.8) is 0 Å². The van der Waals surface area contributed by atoms with E-state index < -0.39 is 6.10 Å². The van der Waals surface area contributed by atoms with Crippen molar-refractivity contribution in [3.05, 3.63) is 35.4 Å². The SMILES string of the molecule is COc1ccc2c3c1CNCCC31C=CC(O)CC1O2. The zero-order valence-electron chi connectivity index (χ0n) is 11.6. The highest BCUT2D eigenvalue weighted by atomic mass is 16.5. The predicted molar refractivity (Wildman–Crippen MR) is 75.2 cm³/mol. The second-order valence-electron chi connectivity index (χ2n) is 5.86. The Kier molecular flexibility index (Phi) is 2.59. The Labute approximate surface area is 118 Å². The number of ether oxygens (including phenoxy) is 2. The highest BCUT2D eigenvalue weighted by Crippen LogP contribution is 2.53. The minimum absolute atomic E-state index is 0.0308. The summed E-state index contributed by atoms with van der Waals surface area (Å²) in [4.78, 5) is 0. The van der Waals surface area contributed by atoms with Crippen LogP contribution in [-0.4, -0.2) is 31.0 Å². The first-order valence-electron chi connectivity index (χ1n) is 7.20. The number of rotatable bonds is 1. The van der Waals surface area contributed by atoms with Gasteiger partial charge in [-0.15, -0.1) is 0 Å². The summed E-state index contributed by atoms with van der Waals surface area (Å²) in [6, 6.07) is 3.98. The molecule has 0 aromatic heterocycles. The minimum atomic E-state index is -0.401. The Morgan fingerprint density at radius 2 is 2.35 bits per heavy atom. The maximum absolute atomic E-state index is 9.90. The van der Waals surface area contributed by atoms with Crippen molar-refractivity contribution in [2.45, 2.75) is 37.0 Å².